The fourth-order valence-electron chi connectivity index (χ4n) is 4.81. The normalized spacial score (nSPS) is 11.6. The first-order valence-corrected chi connectivity index (χ1v) is 18.5. The Balaban J connectivity index is 0.0000194. The van der Waals surface area contributed by atoms with Crippen LogP contribution in [-0.4, -0.2) is 38.1 Å². The minimum absolute atomic E-state index is 0. The molecule has 0 spiro atoms. The fourth-order valence-corrected chi connectivity index (χ4v) is 5.31. The van der Waals surface area contributed by atoms with E-state index in [1.165, 1.54) is 51.4 Å². The van der Waals surface area contributed by atoms with Crippen molar-refractivity contribution in [1.29, 1.82) is 0 Å². The minimum Gasteiger partial charge on any atom is -0.744 e. The van der Waals surface area contributed by atoms with Crippen LogP contribution in [0.5, 0.6) is 0 Å². The van der Waals surface area contributed by atoms with Crippen molar-refractivity contribution in [3.63, 3.8) is 0 Å². The first kappa shape index (κ1) is 44.2. The molecule has 9 heteroatoms. The fraction of sp³-hybridized carbons (Fsp3) is 0.667. The van der Waals surface area contributed by atoms with E-state index >= 15 is 0 Å². The first-order chi connectivity index (χ1) is 21.3. The van der Waals surface area contributed by atoms with E-state index in [1.54, 1.807) is 0 Å². The zero-order valence-electron chi connectivity index (χ0n) is 28.4. The van der Waals surface area contributed by atoms with Gasteiger partial charge < -0.3 is 14.0 Å². The second-order valence-corrected chi connectivity index (χ2v) is 12.9. The first-order valence-electron chi connectivity index (χ1n) is 17.0. The molecule has 0 aliphatic rings. The van der Waals surface area contributed by atoms with Gasteiger partial charge in [-0.15, -0.1) is 0 Å². The molecule has 0 aliphatic carbocycles. The zero-order valence-corrected chi connectivity index (χ0v) is 32.3. The minimum atomic E-state index is -4.81. The Morgan fingerprint density at radius 2 is 0.978 bits per heavy atom. The number of ether oxygens (including phenoxy) is 2. The standard InChI is InChI=1S/C36H58O7S.K/c1-3-5-7-9-11-13-15-17-19-21-23-25-29-42-35(37)33-28-27-32(44(39,40)41)31-34(33)36(38)43-30-26-24-22-20-18-16-14-12-10-8-6-4-2;/h7-10,27-28,31H,3-6,11-26,29-30H2,1-2H3,(H,39,40,41);/q;+1/p-1/b9-7+,10-8+;. The van der Waals surface area contributed by atoms with Crippen molar-refractivity contribution in [3.8, 4) is 0 Å². The molecule has 1 rings (SSSR count). The van der Waals surface area contributed by atoms with Crippen LogP contribution in [0.1, 0.15) is 163 Å². The Labute approximate surface area is 316 Å². The molecule has 0 unspecified atom stereocenters. The molecule has 0 bridgehead atoms. The van der Waals surface area contributed by atoms with Crippen LogP contribution in [0.2, 0.25) is 0 Å². The second kappa shape index (κ2) is 29.3. The van der Waals surface area contributed by atoms with Crippen LogP contribution in [-0.2, 0) is 19.6 Å². The Morgan fingerprint density at radius 1 is 0.600 bits per heavy atom. The Morgan fingerprint density at radius 3 is 1.40 bits per heavy atom. The van der Waals surface area contributed by atoms with Crippen LogP contribution < -0.4 is 51.4 Å². The summed E-state index contributed by atoms with van der Waals surface area (Å²) < 4.78 is 45.4. The van der Waals surface area contributed by atoms with Crippen LogP contribution in [0, 0.1) is 0 Å². The predicted molar refractivity (Wildman–Crippen MR) is 177 cm³/mol. The maximum Gasteiger partial charge on any atom is 1.00 e. The van der Waals surface area contributed by atoms with Crippen molar-refractivity contribution < 1.29 is 83.4 Å². The third-order valence-electron chi connectivity index (χ3n) is 7.46. The van der Waals surface area contributed by atoms with Crippen molar-refractivity contribution in [3.05, 3.63) is 53.6 Å². The average molecular weight is 673 g/mol. The van der Waals surface area contributed by atoms with Crippen LogP contribution in [0.25, 0.3) is 0 Å². The molecule has 0 heterocycles. The summed E-state index contributed by atoms with van der Waals surface area (Å²) in [4.78, 5) is 25.0. The van der Waals surface area contributed by atoms with Gasteiger partial charge in [0.15, 0.2) is 0 Å². The van der Waals surface area contributed by atoms with Gasteiger partial charge in [-0.3, -0.25) is 0 Å². The quantitative estimate of drug-likeness (QED) is 0.0330. The molecular formula is C36H57KO7S. The number of carbonyl (C=O) groups excluding carboxylic acids is 2. The summed E-state index contributed by atoms with van der Waals surface area (Å²) in [6, 6.07) is 3.09. The second-order valence-electron chi connectivity index (χ2n) is 11.5. The molecule has 0 atom stereocenters. The van der Waals surface area contributed by atoms with E-state index in [0.717, 1.165) is 82.4 Å². The smallest absolute Gasteiger partial charge is 0.744 e. The molecule has 0 saturated heterocycles. The van der Waals surface area contributed by atoms with Gasteiger partial charge in [-0.1, -0.05) is 115 Å². The molecule has 45 heavy (non-hydrogen) atoms. The largest absolute Gasteiger partial charge is 1.00 e. The predicted octanol–water partition coefficient (Wildman–Crippen LogP) is 6.86. The molecule has 1 aromatic rings. The van der Waals surface area contributed by atoms with E-state index in [2.05, 4.69) is 38.2 Å². The average Bonchev–Trinajstić information content (AvgIpc) is 3.00. The number of rotatable bonds is 27. The van der Waals surface area contributed by atoms with Crippen molar-refractivity contribution in [2.75, 3.05) is 13.2 Å². The number of hydrogen-bond acceptors (Lipinski definition) is 7. The molecule has 1 aromatic carbocycles. The molecule has 0 N–H and O–H groups in total. The third kappa shape index (κ3) is 23.2. The SMILES string of the molecule is CCC/C=C/CCCCCCCCCOC(=O)c1ccc(S(=O)(=O)[O-])cc1C(=O)OCCCCCCCCC/C=C/CCC.[K+]. The number of allylic oxidation sites excluding steroid dienone is 4. The molecule has 0 aliphatic heterocycles. The van der Waals surface area contributed by atoms with Gasteiger partial charge in [0.1, 0.15) is 10.1 Å². The molecular weight excluding hydrogens is 616 g/mol. The van der Waals surface area contributed by atoms with Crippen molar-refractivity contribution in [1.82, 2.24) is 0 Å². The van der Waals surface area contributed by atoms with Gasteiger partial charge in [-0.2, -0.15) is 0 Å². The number of unbranched alkanes of at least 4 members (excludes halogenated alkanes) is 16. The topological polar surface area (TPSA) is 110 Å². The monoisotopic (exact) mass is 672 g/mol. The maximum absolute atomic E-state index is 12.8. The summed E-state index contributed by atoms with van der Waals surface area (Å²) in [7, 11) is -4.81. The summed E-state index contributed by atoms with van der Waals surface area (Å²) in [5.41, 5.74) is -0.357. The van der Waals surface area contributed by atoms with Crippen molar-refractivity contribution >= 4 is 22.1 Å². The summed E-state index contributed by atoms with van der Waals surface area (Å²) in [6.45, 7) is 4.71. The van der Waals surface area contributed by atoms with Gasteiger partial charge in [-0.05, 0) is 69.6 Å². The van der Waals surface area contributed by atoms with Crippen LogP contribution in [0.3, 0.4) is 0 Å². The van der Waals surface area contributed by atoms with Crippen LogP contribution in [0.15, 0.2) is 47.4 Å². The number of hydrogen-bond donors (Lipinski definition) is 0. The summed E-state index contributed by atoms with van der Waals surface area (Å²) in [5, 5.41) is 0. The summed E-state index contributed by atoms with van der Waals surface area (Å²) in [6.07, 6.45) is 30.8. The van der Waals surface area contributed by atoms with Crippen LogP contribution >= 0.6 is 0 Å². The Bertz CT molecular complexity index is 1080. The van der Waals surface area contributed by atoms with Gasteiger partial charge >= 0.3 is 63.3 Å². The zero-order chi connectivity index (χ0) is 32.3. The van der Waals surface area contributed by atoms with Crippen molar-refractivity contribution in [2.24, 2.45) is 0 Å². The number of carbonyl (C=O) groups is 2. The molecule has 0 aromatic heterocycles. The number of benzene rings is 1. The molecule has 250 valence electrons. The Kier molecular flexibility index (Phi) is 28.8. The van der Waals surface area contributed by atoms with Crippen LogP contribution in [0.4, 0.5) is 0 Å². The van der Waals surface area contributed by atoms with E-state index in [0.29, 0.717) is 12.8 Å². The van der Waals surface area contributed by atoms with E-state index in [-0.39, 0.29) is 75.7 Å². The molecule has 0 saturated carbocycles. The summed E-state index contributed by atoms with van der Waals surface area (Å²) in [5.74, 6) is -1.57. The molecule has 7 nitrogen and oxygen atoms in total. The Hall–Kier alpha value is -0.814. The van der Waals surface area contributed by atoms with Crippen molar-refractivity contribution in [2.45, 2.75) is 147 Å². The van der Waals surface area contributed by atoms with Gasteiger partial charge in [0.05, 0.1) is 29.2 Å². The molecule has 0 radical (unpaired) electrons. The van der Waals surface area contributed by atoms with Gasteiger partial charge in [-0.25, -0.2) is 18.0 Å². The van der Waals surface area contributed by atoms with E-state index < -0.39 is 27.0 Å². The summed E-state index contributed by atoms with van der Waals surface area (Å²) >= 11 is 0. The van der Waals surface area contributed by atoms with Gasteiger partial charge in [0.25, 0.3) is 0 Å². The van der Waals surface area contributed by atoms with E-state index in [4.69, 9.17) is 9.47 Å². The molecule has 0 fully saturated rings. The number of esters is 2. The third-order valence-corrected chi connectivity index (χ3v) is 8.29. The van der Waals surface area contributed by atoms with E-state index in [9.17, 15) is 22.6 Å². The van der Waals surface area contributed by atoms with E-state index in [1.807, 2.05) is 0 Å². The van der Waals surface area contributed by atoms with Gasteiger partial charge in [0, 0.05) is 0 Å². The molecule has 0 amide bonds. The maximum atomic E-state index is 12.8. The van der Waals surface area contributed by atoms with Gasteiger partial charge in [0.2, 0.25) is 0 Å².